The number of hydrogen-bond donors (Lipinski definition) is 0. The largest absolute Gasteiger partial charge is 0.466 e. The van der Waals surface area contributed by atoms with Crippen LogP contribution in [0.25, 0.3) is 0 Å². The summed E-state index contributed by atoms with van der Waals surface area (Å²) in [6.45, 7) is 3.82. The summed E-state index contributed by atoms with van der Waals surface area (Å²) < 4.78 is 4.92. The van der Waals surface area contributed by atoms with E-state index in [0.29, 0.717) is 6.61 Å². The molecule has 16 heavy (non-hydrogen) atoms. The van der Waals surface area contributed by atoms with Crippen molar-refractivity contribution < 1.29 is 9.53 Å². The molecule has 2 atom stereocenters. The minimum absolute atomic E-state index is 0.321. The summed E-state index contributed by atoms with van der Waals surface area (Å²) >= 11 is 0. The molecule has 0 radical (unpaired) electrons. The smallest absolute Gasteiger partial charge is 0.310 e. The lowest BCUT2D eigenvalue weighted by molar-refractivity contribution is -0.147. The number of nitrogens with zero attached hydrogens (tertiary/aromatic N) is 1. The predicted octanol–water partition coefficient (Wildman–Crippen LogP) is 2.49. The van der Waals surface area contributed by atoms with Crippen LogP contribution in [0.15, 0.2) is 30.3 Å². The SMILES string of the molecule is CCOC(=O)[C@H](C)[C@H](C#N)c1ccccc1. The van der Waals surface area contributed by atoms with Gasteiger partial charge in [0.05, 0.1) is 24.5 Å². The maximum absolute atomic E-state index is 11.5. The van der Waals surface area contributed by atoms with Crippen molar-refractivity contribution in [1.29, 1.82) is 5.26 Å². The number of rotatable bonds is 4. The molecule has 0 aliphatic heterocycles. The van der Waals surface area contributed by atoms with E-state index < -0.39 is 11.8 Å². The maximum atomic E-state index is 11.5. The van der Waals surface area contributed by atoms with Crippen LogP contribution in [0.1, 0.15) is 25.3 Å². The van der Waals surface area contributed by atoms with Gasteiger partial charge >= 0.3 is 5.97 Å². The highest BCUT2D eigenvalue weighted by Gasteiger charge is 2.26. The van der Waals surface area contributed by atoms with Gasteiger partial charge in [-0.3, -0.25) is 4.79 Å². The van der Waals surface area contributed by atoms with Gasteiger partial charge in [-0.2, -0.15) is 5.26 Å². The fraction of sp³-hybridized carbons (Fsp3) is 0.385. The third-order valence-corrected chi connectivity index (χ3v) is 2.46. The Morgan fingerprint density at radius 3 is 2.56 bits per heavy atom. The van der Waals surface area contributed by atoms with E-state index >= 15 is 0 Å². The van der Waals surface area contributed by atoms with Gasteiger partial charge in [0.2, 0.25) is 0 Å². The van der Waals surface area contributed by atoms with E-state index in [4.69, 9.17) is 10.00 Å². The zero-order chi connectivity index (χ0) is 12.0. The molecular weight excluding hydrogens is 202 g/mol. The second kappa shape index (κ2) is 5.92. The number of ether oxygens (including phenoxy) is 1. The van der Waals surface area contributed by atoms with Crippen molar-refractivity contribution in [2.45, 2.75) is 19.8 Å². The lowest BCUT2D eigenvalue weighted by atomic mass is 9.88. The van der Waals surface area contributed by atoms with Crippen LogP contribution in [-0.2, 0) is 9.53 Å². The Morgan fingerprint density at radius 1 is 1.44 bits per heavy atom. The highest BCUT2D eigenvalue weighted by molar-refractivity contribution is 5.74. The lowest BCUT2D eigenvalue weighted by Gasteiger charge is -2.16. The number of carbonyl (C=O) groups is 1. The van der Waals surface area contributed by atoms with Gasteiger partial charge in [-0.05, 0) is 12.5 Å². The average Bonchev–Trinajstić information content (AvgIpc) is 2.31. The second-order valence-electron chi connectivity index (χ2n) is 3.56. The third-order valence-electron chi connectivity index (χ3n) is 2.46. The van der Waals surface area contributed by atoms with Crippen molar-refractivity contribution >= 4 is 5.97 Å². The molecule has 0 spiro atoms. The summed E-state index contributed by atoms with van der Waals surface area (Å²) in [4.78, 5) is 11.5. The van der Waals surface area contributed by atoms with E-state index in [1.165, 1.54) is 0 Å². The molecular formula is C13H15NO2. The van der Waals surface area contributed by atoms with Crippen LogP contribution in [0.5, 0.6) is 0 Å². The molecule has 0 heterocycles. The molecule has 1 aromatic rings. The second-order valence-corrected chi connectivity index (χ2v) is 3.56. The van der Waals surface area contributed by atoms with E-state index in [-0.39, 0.29) is 5.97 Å². The molecule has 3 heteroatoms. The number of hydrogen-bond acceptors (Lipinski definition) is 3. The number of nitriles is 1. The minimum atomic E-state index is -0.444. The first-order valence-corrected chi connectivity index (χ1v) is 5.32. The number of carbonyl (C=O) groups excluding carboxylic acids is 1. The summed E-state index contributed by atoms with van der Waals surface area (Å²) in [6, 6.07) is 11.5. The van der Waals surface area contributed by atoms with Gasteiger partial charge in [-0.1, -0.05) is 37.3 Å². The lowest BCUT2D eigenvalue weighted by Crippen LogP contribution is -2.21. The van der Waals surface area contributed by atoms with Crippen molar-refractivity contribution in [1.82, 2.24) is 0 Å². The fourth-order valence-electron chi connectivity index (χ4n) is 1.55. The summed E-state index contributed by atoms with van der Waals surface area (Å²) in [5, 5.41) is 9.11. The summed E-state index contributed by atoms with van der Waals surface area (Å²) in [6.07, 6.45) is 0. The molecule has 0 aliphatic rings. The highest BCUT2D eigenvalue weighted by Crippen LogP contribution is 2.24. The molecule has 84 valence electrons. The zero-order valence-corrected chi connectivity index (χ0v) is 9.51. The third kappa shape index (κ3) is 2.83. The normalized spacial score (nSPS) is 13.6. The monoisotopic (exact) mass is 217 g/mol. The van der Waals surface area contributed by atoms with Gasteiger partial charge in [0, 0.05) is 0 Å². The van der Waals surface area contributed by atoms with Crippen molar-refractivity contribution in [3.63, 3.8) is 0 Å². The summed E-state index contributed by atoms with van der Waals surface area (Å²) in [7, 11) is 0. The molecule has 0 saturated carbocycles. The van der Waals surface area contributed by atoms with Crippen LogP contribution in [0.3, 0.4) is 0 Å². The van der Waals surface area contributed by atoms with Crippen molar-refractivity contribution in [3.05, 3.63) is 35.9 Å². The number of esters is 1. The van der Waals surface area contributed by atoms with Crippen molar-refractivity contribution in [2.75, 3.05) is 6.61 Å². The Morgan fingerprint density at radius 2 is 2.06 bits per heavy atom. The van der Waals surface area contributed by atoms with Crippen LogP contribution in [0.2, 0.25) is 0 Å². The van der Waals surface area contributed by atoms with Gasteiger partial charge in [-0.15, -0.1) is 0 Å². The standard InChI is InChI=1S/C13H15NO2/c1-3-16-13(15)10(2)12(9-14)11-7-5-4-6-8-11/h4-8,10,12H,3H2,1-2H3/t10-,12+/m1/s1. The van der Waals surface area contributed by atoms with Gasteiger partial charge in [0.25, 0.3) is 0 Å². The highest BCUT2D eigenvalue weighted by atomic mass is 16.5. The molecule has 1 aromatic carbocycles. The molecule has 0 fully saturated rings. The molecule has 0 bridgehead atoms. The first-order valence-electron chi connectivity index (χ1n) is 5.32. The van der Waals surface area contributed by atoms with Crippen LogP contribution in [-0.4, -0.2) is 12.6 Å². The van der Waals surface area contributed by atoms with E-state index in [1.54, 1.807) is 13.8 Å². The van der Waals surface area contributed by atoms with Gasteiger partial charge < -0.3 is 4.74 Å². The molecule has 0 amide bonds. The van der Waals surface area contributed by atoms with Gasteiger partial charge in [-0.25, -0.2) is 0 Å². The first-order chi connectivity index (χ1) is 7.70. The predicted molar refractivity (Wildman–Crippen MR) is 60.6 cm³/mol. The first kappa shape index (κ1) is 12.3. The van der Waals surface area contributed by atoms with E-state index in [1.807, 2.05) is 30.3 Å². The van der Waals surface area contributed by atoms with E-state index in [0.717, 1.165) is 5.56 Å². The van der Waals surface area contributed by atoms with Crippen molar-refractivity contribution in [3.8, 4) is 6.07 Å². The molecule has 0 aromatic heterocycles. The van der Waals surface area contributed by atoms with E-state index in [9.17, 15) is 4.79 Å². The van der Waals surface area contributed by atoms with Crippen LogP contribution in [0, 0.1) is 17.2 Å². The molecule has 0 saturated heterocycles. The zero-order valence-electron chi connectivity index (χ0n) is 9.51. The minimum Gasteiger partial charge on any atom is -0.466 e. The van der Waals surface area contributed by atoms with Crippen LogP contribution >= 0.6 is 0 Å². The Bertz CT molecular complexity index is 381. The molecule has 3 nitrogen and oxygen atoms in total. The fourth-order valence-corrected chi connectivity index (χ4v) is 1.55. The average molecular weight is 217 g/mol. The molecule has 0 aliphatic carbocycles. The molecule has 0 unspecified atom stereocenters. The molecule has 0 N–H and O–H groups in total. The van der Waals surface area contributed by atoms with Gasteiger partial charge in [0.15, 0.2) is 0 Å². The quantitative estimate of drug-likeness (QED) is 0.728. The topological polar surface area (TPSA) is 50.1 Å². The Hall–Kier alpha value is -1.82. The number of benzene rings is 1. The maximum Gasteiger partial charge on any atom is 0.310 e. The Kier molecular flexibility index (Phi) is 4.53. The van der Waals surface area contributed by atoms with E-state index in [2.05, 4.69) is 6.07 Å². The Labute approximate surface area is 95.7 Å². The summed E-state index contributed by atoms with van der Waals surface area (Å²) in [5.41, 5.74) is 0.852. The van der Waals surface area contributed by atoms with Crippen LogP contribution in [0.4, 0.5) is 0 Å². The van der Waals surface area contributed by atoms with Crippen molar-refractivity contribution in [2.24, 2.45) is 5.92 Å². The van der Waals surface area contributed by atoms with Gasteiger partial charge in [0.1, 0.15) is 0 Å². The molecule has 1 rings (SSSR count). The Balaban J connectivity index is 2.84. The van der Waals surface area contributed by atoms with Crippen LogP contribution < -0.4 is 0 Å². The summed E-state index contributed by atoms with van der Waals surface area (Å²) in [5.74, 6) is -1.20.